The van der Waals surface area contributed by atoms with Crippen LogP contribution in [-0.2, 0) is 4.79 Å². The largest absolute Gasteiger partial charge is 0.471 e. The van der Waals surface area contributed by atoms with Crippen LogP contribution >= 0.6 is 0 Å². The fourth-order valence-electron chi connectivity index (χ4n) is 1.19. The van der Waals surface area contributed by atoms with Gasteiger partial charge in [-0.1, -0.05) is 0 Å². The quantitative estimate of drug-likeness (QED) is 0.557. The maximum atomic E-state index is 11.9. The number of hydrogen-bond donors (Lipinski definition) is 0. The molecule has 1 amide bonds. The predicted octanol–water partition coefficient (Wildman–Crippen LogP) is 0.323. The lowest BCUT2D eigenvalue weighted by Gasteiger charge is -2.32. The first-order valence-electron chi connectivity index (χ1n) is 3.96. The number of hydrogen-bond acceptors (Lipinski definition) is 2. The molecule has 6 heteroatoms. The van der Waals surface area contributed by atoms with Crippen LogP contribution in [0.1, 0.15) is 0 Å². The van der Waals surface area contributed by atoms with E-state index >= 15 is 0 Å². The van der Waals surface area contributed by atoms with Crippen molar-refractivity contribution in [2.24, 2.45) is 0 Å². The maximum absolute atomic E-state index is 11.9. The molecule has 3 nitrogen and oxygen atoms in total. The molecule has 1 aliphatic rings. The van der Waals surface area contributed by atoms with Gasteiger partial charge in [-0.2, -0.15) is 13.2 Å². The van der Waals surface area contributed by atoms with E-state index in [1.54, 1.807) is 0 Å². The molecule has 0 radical (unpaired) electrons. The first-order valence-corrected chi connectivity index (χ1v) is 3.96. The minimum atomic E-state index is -4.73. The minimum absolute atomic E-state index is 0.162. The molecule has 1 fully saturated rings. The summed E-state index contributed by atoms with van der Waals surface area (Å²) in [5, 5.41) is 0. The van der Waals surface area contributed by atoms with Gasteiger partial charge < -0.3 is 9.80 Å². The Bertz CT molecular complexity index is 196. The number of rotatable bonds is 0. The summed E-state index contributed by atoms with van der Waals surface area (Å²) < 4.78 is 35.8. The predicted molar refractivity (Wildman–Crippen MR) is 40.1 cm³/mol. The number of alkyl halides is 3. The molecule has 0 spiro atoms. The lowest BCUT2D eigenvalue weighted by atomic mass is 10.3. The van der Waals surface area contributed by atoms with Crippen LogP contribution in [-0.4, -0.2) is 55.1 Å². The Morgan fingerprint density at radius 2 is 1.62 bits per heavy atom. The average Bonchev–Trinajstić information content (AvgIpc) is 2.03. The fourth-order valence-corrected chi connectivity index (χ4v) is 1.19. The molecule has 0 aromatic heterocycles. The van der Waals surface area contributed by atoms with Crippen LogP contribution in [0, 0.1) is 0 Å². The van der Waals surface area contributed by atoms with Crippen LogP contribution in [0.4, 0.5) is 13.2 Å². The van der Waals surface area contributed by atoms with E-state index in [1.807, 2.05) is 11.9 Å². The van der Waals surface area contributed by atoms with Crippen LogP contribution in [0.2, 0.25) is 0 Å². The second kappa shape index (κ2) is 3.53. The number of piperazine rings is 1. The highest BCUT2D eigenvalue weighted by atomic mass is 19.4. The van der Waals surface area contributed by atoms with Crippen LogP contribution in [0.25, 0.3) is 0 Å². The molecule has 0 N–H and O–H groups in total. The average molecular weight is 196 g/mol. The summed E-state index contributed by atoms with van der Waals surface area (Å²) >= 11 is 0. The highest BCUT2D eigenvalue weighted by Gasteiger charge is 2.42. The van der Waals surface area contributed by atoms with Crippen LogP contribution in [0.15, 0.2) is 0 Å². The molecule has 1 rings (SSSR count). The summed E-state index contributed by atoms with van der Waals surface area (Å²) in [6.07, 6.45) is -4.73. The molecule has 0 aliphatic carbocycles. The molecule has 0 aromatic carbocycles. The number of amides is 1. The van der Waals surface area contributed by atoms with Crippen LogP contribution in [0.5, 0.6) is 0 Å². The molecule has 0 atom stereocenters. The first-order chi connectivity index (χ1) is 5.91. The topological polar surface area (TPSA) is 23.6 Å². The van der Waals surface area contributed by atoms with Crippen LogP contribution in [0.3, 0.4) is 0 Å². The third kappa shape index (κ3) is 2.58. The monoisotopic (exact) mass is 196 g/mol. The fraction of sp³-hybridized carbons (Fsp3) is 0.857. The number of likely N-dealkylation sites (N-methyl/N-ethyl adjacent to an activating group) is 1. The van der Waals surface area contributed by atoms with Gasteiger partial charge in [0.1, 0.15) is 0 Å². The van der Waals surface area contributed by atoms with Crippen molar-refractivity contribution in [1.29, 1.82) is 0 Å². The normalized spacial score (nSPS) is 20.5. The summed E-state index contributed by atoms with van der Waals surface area (Å²) in [6, 6.07) is 0. The van der Waals surface area contributed by atoms with Gasteiger partial charge in [-0.15, -0.1) is 0 Å². The molecule has 1 heterocycles. The number of nitrogens with zero attached hydrogens (tertiary/aromatic N) is 2. The van der Waals surface area contributed by atoms with Crippen molar-refractivity contribution in [2.45, 2.75) is 6.18 Å². The summed E-state index contributed by atoms with van der Waals surface area (Å²) in [7, 11) is 1.81. The van der Waals surface area contributed by atoms with Crippen molar-refractivity contribution in [3.63, 3.8) is 0 Å². The van der Waals surface area contributed by atoms with Gasteiger partial charge in [0.25, 0.3) is 0 Å². The molecular weight excluding hydrogens is 185 g/mol. The Morgan fingerprint density at radius 1 is 1.15 bits per heavy atom. The van der Waals surface area contributed by atoms with Gasteiger partial charge in [-0.05, 0) is 7.05 Å². The standard InChI is InChI=1S/C7H11F3N2O/c1-11-2-4-12(5-3-11)6(13)7(8,9)10/h2-5H2,1H3. The molecule has 1 aliphatic heterocycles. The summed E-state index contributed by atoms with van der Waals surface area (Å²) in [6.45, 7) is 1.33. The zero-order valence-electron chi connectivity index (χ0n) is 7.26. The Labute approximate surface area is 74.1 Å². The summed E-state index contributed by atoms with van der Waals surface area (Å²) in [5.41, 5.74) is 0. The number of carbonyl (C=O) groups is 1. The van der Waals surface area contributed by atoms with Gasteiger partial charge in [0.15, 0.2) is 0 Å². The smallest absolute Gasteiger partial charge is 0.332 e. The molecule has 13 heavy (non-hydrogen) atoms. The molecule has 1 saturated heterocycles. The van der Waals surface area contributed by atoms with Gasteiger partial charge in [0.05, 0.1) is 0 Å². The molecule has 0 aromatic rings. The van der Waals surface area contributed by atoms with E-state index in [2.05, 4.69) is 0 Å². The Morgan fingerprint density at radius 3 is 2.00 bits per heavy atom. The van der Waals surface area contributed by atoms with E-state index in [4.69, 9.17) is 0 Å². The zero-order valence-corrected chi connectivity index (χ0v) is 7.26. The van der Waals surface area contributed by atoms with Gasteiger partial charge in [0.2, 0.25) is 0 Å². The van der Waals surface area contributed by atoms with Crippen molar-refractivity contribution in [1.82, 2.24) is 9.80 Å². The Kier molecular flexibility index (Phi) is 2.80. The van der Waals surface area contributed by atoms with E-state index < -0.39 is 12.1 Å². The summed E-state index contributed by atoms with van der Waals surface area (Å²) in [4.78, 5) is 13.4. The zero-order chi connectivity index (χ0) is 10.1. The van der Waals surface area contributed by atoms with Gasteiger partial charge >= 0.3 is 12.1 Å². The highest BCUT2D eigenvalue weighted by Crippen LogP contribution is 2.19. The lowest BCUT2D eigenvalue weighted by molar-refractivity contribution is -0.186. The van der Waals surface area contributed by atoms with Crippen molar-refractivity contribution < 1.29 is 18.0 Å². The van der Waals surface area contributed by atoms with Crippen molar-refractivity contribution >= 4 is 5.91 Å². The SMILES string of the molecule is CN1CCN(C(=O)C(F)(F)F)CC1. The molecule has 0 unspecified atom stereocenters. The van der Waals surface area contributed by atoms with E-state index in [0.717, 1.165) is 4.90 Å². The van der Waals surface area contributed by atoms with E-state index in [0.29, 0.717) is 13.1 Å². The van der Waals surface area contributed by atoms with E-state index in [9.17, 15) is 18.0 Å². The highest BCUT2D eigenvalue weighted by molar-refractivity contribution is 5.81. The second-order valence-electron chi connectivity index (χ2n) is 3.09. The van der Waals surface area contributed by atoms with Gasteiger partial charge in [-0.25, -0.2) is 0 Å². The first kappa shape index (κ1) is 10.3. The second-order valence-corrected chi connectivity index (χ2v) is 3.09. The Hall–Kier alpha value is -0.780. The van der Waals surface area contributed by atoms with Gasteiger partial charge in [0, 0.05) is 26.2 Å². The molecule has 0 saturated carbocycles. The molecular formula is C7H11F3N2O. The third-order valence-corrected chi connectivity index (χ3v) is 2.03. The molecule has 76 valence electrons. The molecule has 0 bridgehead atoms. The lowest BCUT2D eigenvalue weighted by Crippen LogP contribution is -2.51. The maximum Gasteiger partial charge on any atom is 0.471 e. The number of halogens is 3. The van der Waals surface area contributed by atoms with E-state index in [1.165, 1.54) is 0 Å². The Balaban J connectivity index is 2.50. The van der Waals surface area contributed by atoms with Crippen molar-refractivity contribution in [3.8, 4) is 0 Å². The number of carbonyl (C=O) groups excluding carboxylic acids is 1. The van der Waals surface area contributed by atoms with E-state index in [-0.39, 0.29) is 13.1 Å². The van der Waals surface area contributed by atoms with Gasteiger partial charge in [-0.3, -0.25) is 4.79 Å². The summed E-state index contributed by atoms with van der Waals surface area (Å²) in [5.74, 6) is -1.72. The third-order valence-electron chi connectivity index (χ3n) is 2.03. The van der Waals surface area contributed by atoms with Crippen molar-refractivity contribution in [3.05, 3.63) is 0 Å². The van der Waals surface area contributed by atoms with Crippen molar-refractivity contribution in [2.75, 3.05) is 33.2 Å². The minimum Gasteiger partial charge on any atom is -0.332 e. The van der Waals surface area contributed by atoms with Crippen LogP contribution < -0.4 is 0 Å².